The summed E-state index contributed by atoms with van der Waals surface area (Å²) in [5.41, 5.74) is 4.72. The molecular formula is C28H37N3O2. The number of hydrogen-bond donors (Lipinski definition) is 2. The van der Waals surface area contributed by atoms with Crippen molar-refractivity contribution in [3.63, 3.8) is 0 Å². The minimum Gasteiger partial charge on any atom is -0.353 e. The fraction of sp³-hybridized carbons (Fsp3) is 0.500. The van der Waals surface area contributed by atoms with Gasteiger partial charge in [0.1, 0.15) is 0 Å². The highest BCUT2D eigenvalue weighted by molar-refractivity contribution is 6.06. The van der Waals surface area contributed by atoms with Crippen LogP contribution in [0.2, 0.25) is 0 Å². The summed E-state index contributed by atoms with van der Waals surface area (Å²) in [6.07, 6.45) is 7.91. The highest BCUT2D eigenvalue weighted by Crippen LogP contribution is 2.23. The number of piperidine rings is 1. The summed E-state index contributed by atoms with van der Waals surface area (Å²) in [5.74, 6) is 0.344. The van der Waals surface area contributed by atoms with E-state index in [1.807, 2.05) is 44.2 Å². The summed E-state index contributed by atoms with van der Waals surface area (Å²) in [6, 6.07) is 14.4. The number of nitrogens with one attached hydrogen (secondary N) is 2. The van der Waals surface area contributed by atoms with E-state index in [-0.39, 0.29) is 17.7 Å². The molecule has 33 heavy (non-hydrogen) atoms. The van der Waals surface area contributed by atoms with Crippen molar-refractivity contribution in [1.29, 1.82) is 0 Å². The Morgan fingerprint density at radius 3 is 2.27 bits per heavy atom. The molecule has 2 amide bonds. The van der Waals surface area contributed by atoms with E-state index in [9.17, 15) is 9.59 Å². The fourth-order valence-corrected chi connectivity index (χ4v) is 5.29. The smallest absolute Gasteiger partial charge is 0.256 e. The second-order valence-electron chi connectivity index (χ2n) is 9.82. The first-order valence-corrected chi connectivity index (χ1v) is 12.5. The van der Waals surface area contributed by atoms with Crippen molar-refractivity contribution in [2.75, 3.05) is 18.4 Å². The monoisotopic (exact) mass is 447 g/mol. The number of likely N-dealkylation sites (tertiary alicyclic amines) is 1. The van der Waals surface area contributed by atoms with E-state index in [1.165, 1.54) is 24.8 Å². The molecule has 0 aromatic heterocycles. The third-order valence-corrected chi connectivity index (χ3v) is 7.21. The summed E-state index contributed by atoms with van der Waals surface area (Å²) in [5, 5.41) is 6.37. The molecule has 1 aliphatic heterocycles. The van der Waals surface area contributed by atoms with Crippen LogP contribution in [0, 0.1) is 19.8 Å². The molecule has 1 heterocycles. The molecule has 1 aliphatic carbocycles. The first-order chi connectivity index (χ1) is 16.0. The Bertz CT molecular complexity index is 953. The van der Waals surface area contributed by atoms with Crippen LogP contribution in [0.15, 0.2) is 42.5 Å². The maximum atomic E-state index is 12.8. The number of amides is 2. The summed E-state index contributed by atoms with van der Waals surface area (Å²) >= 11 is 0. The molecule has 1 saturated heterocycles. The molecule has 2 aliphatic rings. The minimum atomic E-state index is -0.0625. The van der Waals surface area contributed by atoms with Crippen LogP contribution in [0.25, 0.3) is 0 Å². The molecule has 2 fully saturated rings. The number of anilines is 1. The summed E-state index contributed by atoms with van der Waals surface area (Å²) < 4.78 is 0. The molecule has 5 nitrogen and oxygen atoms in total. The lowest BCUT2D eigenvalue weighted by molar-refractivity contribution is -0.127. The molecule has 4 rings (SSSR count). The zero-order chi connectivity index (χ0) is 23.2. The van der Waals surface area contributed by atoms with Crippen molar-refractivity contribution in [1.82, 2.24) is 10.2 Å². The Morgan fingerprint density at radius 2 is 1.58 bits per heavy atom. The maximum absolute atomic E-state index is 12.8. The van der Waals surface area contributed by atoms with Gasteiger partial charge in [-0.3, -0.25) is 14.5 Å². The molecule has 5 heteroatoms. The van der Waals surface area contributed by atoms with Gasteiger partial charge in [-0.25, -0.2) is 0 Å². The van der Waals surface area contributed by atoms with E-state index < -0.39 is 0 Å². The van der Waals surface area contributed by atoms with Gasteiger partial charge in [0, 0.05) is 29.8 Å². The van der Waals surface area contributed by atoms with E-state index in [4.69, 9.17) is 0 Å². The number of aryl methyl sites for hydroxylation is 2. The first-order valence-electron chi connectivity index (χ1n) is 12.5. The van der Waals surface area contributed by atoms with E-state index in [2.05, 4.69) is 27.7 Å². The molecular weight excluding hydrogens is 410 g/mol. The van der Waals surface area contributed by atoms with Gasteiger partial charge in [0.15, 0.2) is 0 Å². The van der Waals surface area contributed by atoms with Crippen molar-refractivity contribution in [2.45, 2.75) is 71.4 Å². The maximum Gasteiger partial charge on any atom is 0.256 e. The van der Waals surface area contributed by atoms with Gasteiger partial charge < -0.3 is 10.6 Å². The standard InChI is InChI=1S/C28H37N3O2/c1-20-8-6-9-21(2)26(20)28(33)30-25-13-7-10-22(18-25)19-31-16-14-23(15-17-31)27(32)29-24-11-4-3-5-12-24/h6-10,13,18,23-24H,3-5,11-12,14-17,19H2,1-2H3,(H,29,32)(H,30,33). The number of carbonyl (C=O) groups is 2. The van der Waals surface area contributed by atoms with Crippen LogP contribution in [0.1, 0.15) is 72.0 Å². The SMILES string of the molecule is Cc1cccc(C)c1C(=O)Nc1cccc(CN2CCC(C(=O)NC3CCCCC3)CC2)c1. The highest BCUT2D eigenvalue weighted by Gasteiger charge is 2.27. The normalized spacial score (nSPS) is 18.1. The Hall–Kier alpha value is -2.66. The fourth-order valence-electron chi connectivity index (χ4n) is 5.29. The van der Waals surface area contributed by atoms with Crippen molar-refractivity contribution >= 4 is 17.5 Å². The molecule has 0 unspecified atom stereocenters. The molecule has 2 aromatic rings. The van der Waals surface area contributed by atoms with Crippen LogP contribution in [0.3, 0.4) is 0 Å². The Balaban J connectivity index is 1.28. The summed E-state index contributed by atoms with van der Waals surface area (Å²) in [7, 11) is 0. The predicted octanol–water partition coefficient (Wildman–Crippen LogP) is 5.22. The van der Waals surface area contributed by atoms with Crippen LogP contribution in [0.5, 0.6) is 0 Å². The largest absolute Gasteiger partial charge is 0.353 e. The number of benzene rings is 2. The van der Waals surface area contributed by atoms with E-state index >= 15 is 0 Å². The molecule has 1 saturated carbocycles. The lowest BCUT2D eigenvalue weighted by atomic mass is 9.92. The van der Waals surface area contributed by atoms with Gasteiger partial charge >= 0.3 is 0 Å². The molecule has 0 radical (unpaired) electrons. The number of carbonyl (C=O) groups excluding carboxylic acids is 2. The van der Waals surface area contributed by atoms with Crippen LogP contribution >= 0.6 is 0 Å². The van der Waals surface area contributed by atoms with Gasteiger partial charge in [-0.2, -0.15) is 0 Å². The first kappa shape index (κ1) is 23.5. The van der Waals surface area contributed by atoms with Crippen molar-refractivity contribution in [3.8, 4) is 0 Å². The van der Waals surface area contributed by atoms with Gasteiger partial charge in [0.05, 0.1) is 0 Å². The lowest BCUT2D eigenvalue weighted by Gasteiger charge is -2.32. The third kappa shape index (κ3) is 6.23. The van der Waals surface area contributed by atoms with Crippen LogP contribution < -0.4 is 10.6 Å². The average Bonchev–Trinajstić information content (AvgIpc) is 2.80. The third-order valence-electron chi connectivity index (χ3n) is 7.21. The molecule has 2 N–H and O–H groups in total. The topological polar surface area (TPSA) is 61.4 Å². The van der Waals surface area contributed by atoms with Crippen molar-refractivity contribution in [2.24, 2.45) is 5.92 Å². The van der Waals surface area contributed by atoms with E-state index in [1.54, 1.807) is 0 Å². The number of rotatable bonds is 6. The van der Waals surface area contributed by atoms with Gasteiger partial charge in [0.25, 0.3) is 5.91 Å². The molecule has 0 bridgehead atoms. The predicted molar refractivity (Wildman–Crippen MR) is 133 cm³/mol. The zero-order valence-corrected chi connectivity index (χ0v) is 20.0. The van der Waals surface area contributed by atoms with Crippen LogP contribution in [-0.4, -0.2) is 35.8 Å². The van der Waals surface area contributed by atoms with Gasteiger partial charge in [-0.05, 0) is 81.4 Å². The second kappa shape index (κ2) is 11.0. The second-order valence-corrected chi connectivity index (χ2v) is 9.82. The van der Waals surface area contributed by atoms with Crippen LogP contribution in [0.4, 0.5) is 5.69 Å². The Morgan fingerprint density at radius 1 is 0.909 bits per heavy atom. The van der Waals surface area contributed by atoms with Crippen LogP contribution in [-0.2, 0) is 11.3 Å². The van der Waals surface area contributed by atoms with Crippen molar-refractivity contribution < 1.29 is 9.59 Å². The zero-order valence-electron chi connectivity index (χ0n) is 20.0. The molecule has 2 aromatic carbocycles. The quantitative estimate of drug-likeness (QED) is 0.638. The van der Waals surface area contributed by atoms with Gasteiger partial charge in [0.2, 0.25) is 5.91 Å². The van der Waals surface area contributed by atoms with Gasteiger partial charge in [-0.1, -0.05) is 49.6 Å². The molecule has 0 atom stereocenters. The average molecular weight is 448 g/mol. The minimum absolute atomic E-state index is 0.0625. The summed E-state index contributed by atoms with van der Waals surface area (Å²) in [6.45, 7) is 6.64. The van der Waals surface area contributed by atoms with Crippen molar-refractivity contribution in [3.05, 3.63) is 64.7 Å². The van der Waals surface area contributed by atoms with E-state index in [0.29, 0.717) is 6.04 Å². The Kier molecular flexibility index (Phi) is 7.81. The molecule has 176 valence electrons. The molecule has 0 spiro atoms. The van der Waals surface area contributed by atoms with E-state index in [0.717, 1.165) is 67.7 Å². The number of nitrogens with zero attached hydrogens (tertiary/aromatic N) is 1. The number of hydrogen-bond acceptors (Lipinski definition) is 3. The lowest BCUT2D eigenvalue weighted by Crippen LogP contribution is -2.44. The highest BCUT2D eigenvalue weighted by atomic mass is 16.2. The van der Waals surface area contributed by atoms with Gasteiger partial charge in [-0.15, -0.1) is 0 Å². The summed E-state index contributed by atoms with van der Waals surface area (Å²) in [4.78, 5) is 27.9. The Labute approximate surface area is 197 Å².